The fourth-order valence-corrected chi connectivity index (χ4v) is 13.6. The Hall–Kier alpha value is -9.24. The van der Waals surface area contributed by atoms with E-state index in [0.717, 1.165) is 35.3 Å². The Labute approximate surface area is 491 Å². The minimum Gasteiger partial charge on any atom is -0.310 e. The number of nitrogens with zero attached hydrogens (tertiary/aromatic N) is 2. The molecule has 0 saturated carbocycles. The van der Waals surface area contributed by atoms with Crippen LogP contribution in [0.1, 0.15) is 100 Å². The number of hydrogen-bond acceptors (Lipinski definition) is 1. The molecule has 0 saturated heterocycles. The van der Waals surface area contributed by atoms with Crippen molar-refractivity contribution in [3.63, 3.8) is 0 Å². The number of fused-ring (bicyclic) bond motifs is 7. The summed E-state index contributed by atoms with van der Waals surface area (Å²) in [6, 6.07) is 91.2. The monoisotopic (exact) mass is 1070 g/mol. The van der Waals surface area contributed by atoms with Crippen LogP contribution < -0.4 is 4.90 Å². The zero-order valence-corrected chi connectivity index (χ0v) is 48.1. The molecular formula is C81H72N2. The van der Waals surface area contributed by atoms with Gasteiger partial charge in [0.05, 0.1) is 11.0 Å². The molecule has 0 fully saturated rings. The van der Waals surface area contributed by atoms with Crippen molar-refractivity contribution in [1.29, 1.82) is 0 Å². The molecule has 2 nitrogen and oxygen atoms in total. The van der Waals surface area contributed by atoms with Gasteiger partial charge in [0.15, 0.2) is 0 Å². The van der Waals surface area contributed by atoms with E-state index in [1.165, 1.54) is 162 Å². The van der Waals surface area contributed by atoms with Crippen molar-refractivity contribution in [1.82, 2.24) is 4.57 Å². The molecule has 2 heteroatoms. The third-order valence-corrected chi connectivity index (χ3v) is 17.9. The molecule has 12 aromatic rings. The minimum atomic E-state index is -0.187. The summed E-state index contributed by atoms with van der Waals surface area (Å²) >= 11 is 0. The summed E-state index contributed by atoms with van der Waals surface area (Å²) in [5, 5.41) is 5.01. The highest BCUT2D eigenvalue weighted by Gasteiger charge is 2.43. The zero-order chi connectivity index (χ0) is 56.3. The Kier molecular flexibility index (Phi) is 14.9. The van der Waals surface area contributed by atoms with Crippen molar-refractivity contribution in [2.45, 2.75) is 83.5 Å². The van der Waals surface area contributed by atoms with E-state index in [-0.39, 0.29) is 5.41 Å². The second kappa shape index (κ2) is 23.3. The highest BCUT2D eigenvalue weighted by Crippen LogP contribution is 2.57. The first-order valence-corrected chi connectivity index (χ1v) is 30.3. The van der Waals surface area contributed by atoms with Gasteiger partial charge in [-0.25, -0.2) is 0 Å². The smallest absolute Gasteiger partial charge is 0.0541 e. The van der Waals surface area contributed by atoms with E-state index in [1.54, 1.807) is 0 Å². The number of hydrogen-bond donors (Lipinski definition) is 0. The third kappa shape index (κ3) is 10.1. The molecule has 0 aliphatic heterocycles. The van der Waals surface area contributed by atoms with E-state index in [2.05, 4.69) is 279 Å². The highest BCUT2D eigenvalue weighted by molar-refractivity contribution is 6.12. The summed E-state index contributed by atoms with van der Waals surface area (Å²) < 4.78 is 2.55. The second-order valence-corrected chi connectivity index (χ2v) is 22.9. The van der Waals surface area contributed by atoms with E-state index >= 15 is 0 Å². The van der Waals surface area contributed by atoms with Crippen molar-refractivity contribution >= 4 is 61.8 Å². The lowest BCUT2D eigenvalue weighted by atomic mass is 9.70. The average Bonchev–Trinajstić information content (AvgIpc) is 2.32. The molecule has 83 heavy (non-hydrogen) atoms. The lowest BCUT2D eigenvalue weighted by molar-refractivity contribution is 0.401. The summed E-state index contributed by atoms with van der Waals surface area (Å²) in [5.74, 6) is 0. The van der Waals surface area contributed by atoms with Crippen LogP contribution in [0.2, 0.25) is 0 Å². The molecule has 406 valence electrons. The molecule has 0 unspecified atom stereocenters. The largest absolute Gasteiger partial charge is 0.310 e. The lowest BCUT2D eigenvalue weighted by Gasteiger charge is -2.34. The maximum absolute atomic E-state index is 4.02. The van der Waals surface area contributed by atoms with Gasteiger partial charge in [0.25, 0.3) is 0 Å². The van der Waals surface area contributed by atoms with Gasteiger partial charge in [-0.15, -0.1) is 0 Å². The molecule has 1 aromatic heterocycles. The van der Waals surface area contributed by atoms with Crippen LogP contribution in [0.25, 0.3) is 106 Å². The second-order valence-electron chi connectivity index (χ2n) is 22.9. The third-order valence-electron chi connectivity index (χ3n) is 17.9. The molecule has 0 N–H and O–H groups in total. The number of rotatable bonds is 20. The van der Waals surface area contributed by atoms with Crippen LogP contribution >= 0.6 is 0 Å². The average molecular weight is 1070 g/mol. The topological polar surface area (TPSA) is 8.17 Å². The van der Waals surface area contributed by atoms with Gasteiger partial charge in [0.2, 0.25) is 0 Å². The normalized spacial score (nSPS) is 12.4. The molecule has 0 atom stereocenters. The molecule has 11 aromatic carbocycles. The van der Waals surface area contributed by atoms with Crippen LogP contribution in [-0.2, 0) is 5.41 Å². The van der Waals surface area contributed by atoms with Crippen LogP contribution in [0.4, 0.5) is 17.1 Å². The molecule has 1 aliphatic carbocycles. The number of unbranched alkanes of at least 4 members (excludes halogenated alkanes) is 6. The van der Waals surface area contributed by atoms with Crippen LogP contribution in [0, 0.1) is 0 Å². The predicted molar refractivity (Wildman–Crippen MR) is 359 cm³/mol. The predicted octanol–water partition coefficient (Wildman–Crippen LogP) is 23.6. The van der Waals surface area contributed by atoms with Crippen molar-refractivity contribution in [2.24, 2.45) is 0 Å². The fourth-order valence-electron chi connectivity index (χ4n) is 13.6. The molecular weight excluding hydrogens is 1000 g/mol. The van der Waals surface area contributed by atoms with E-state index in [4.69, 9.17) is 0 Å². The Morgan fingerprint density at radius 2 is 0.831 bits per heavy atom. The molecule has 0 spiro atoms. The SMILES string of the molecule is C=Cc1ccc(-c2ccc3c(c2)c2cc(-c4ccc(C=C)cc4)ccc2n3-c2ccc3c(c2)C(CCCCCC)(CCCCCC)c2cc(N(c4ccc(-c5ccccc5)cc4)c4ccc(-c5cccc6ccccc56)cc4)ccc2-3)cc1. The van der Waals surface area contributed by atoms with Crippen LogP contribution in [0.5, 0.6) is 0 Å². The van der Waals surface area contributed by atoms with Gasteiger partial charge < -0.3 is 9.47 Å². The number of anilines is 3. The molecule has 0 amide bonds. The first kappa shape index (κ1) is 53.1. The quantitative estimate of drug-likeness (QED) is 0.0691. The van der Waals surface area contributed by atoms with E-state index < -0.39 is 0 Å². The summed E-state index contributed by atoms with van der Waals surface area (Å²) in [5.41, 5.74) is 24.5. The van der Waals surface area contributed by atoms with Gasteiger partial charge in [-0.2, -0.15) is 0 Å². The van der Waals surface area contributed by atoms with Crippen molar-refractivity contribution < 1.29 is 0 Å². The van der Waals surface area contributed by atoms with Gasteiger partial charge >= 0.3 is 0 Å². The Morgan fingerprint density at radius 1 is 0.361 bits per heavy atom. The Balaban J connectivity index is 0.975. The summed E-state index contributed by atoms with van der Waals surface area (Å²) in [4.78, 5) is 2.50. The van der Waals surface area contributed by atoms with Gasteiger partial charge in [-0.05, 0) is 174 Å². The maximum atomic E-state index is 4.02. The van der Waals surface area contributed by atoms with Crippen molar-refractivity contribution in [2.75, 3.05) is 4.90 Å². The van der Waals surface area contributed by atoms with Crippen LogP contribution in [0.15, 0.2) is 256 Å². The summed E-state index contributed by atoms with van der Waals surface area (Å²) in [6.07, 6.45) is 15.8. The fraction of sp³-hybridized carbons (Fsp3) is 0.160. The number of benzene rings is 11. The molecule has 1 aliphatic rings. The number of aromatic nitrogens is 1. The van der Waals surface area contributed by atoms with Gasteiger partial charge in [0.1, 0.15) is 0 Å². The lowest BCUT2D eigenvalue weighted by Crippen LogP contribution is -2.26. The summed E-state index contributed by atoms with van der Waals surface area (Å²) in [7, 11) is 0. The Bertz CT molecular complexity index is 4170. The van der Waals surface area contributed by atoms with Gasteiger partial charge in [-0.1, -0.05) is 260 Å². The zero-order valence-electron chi connectivity index (χ0n) is 48.1. The first-order valence-electron chi connectivity index (χ1n) is 30.3. The highest BCUT2D eigenvalue weighted by atomic mass is 15.1. The molecule has 13 rings (SSSR count). The van der Waals surface area contributed by atoms with E-state index in [0.29, 0.717) is 0 Å². The maximum Gasteiger partial charge on any atom is 0.0541 e. The Morgan fingerprint density at radius 3 is 1.41 bits per heavy atom. The van der Waals surface area contributed by atoms with E-state index in [9.17, 15) is 0 Å². The molecule has 0 radical (unpaired) electrons. The molecule has 1 heterocycles. The summed E-state index contributed by atoms with van der Waals surface area (Å²) in [6.45, 7) is 12.7. The molecule has 0 bridgehead atoms. The van der Waals surface area contributed by atoms with Gasteiger partial charge in [-0.3, -0.25) is 0 Å². The van der Waals surface area contributed by atoms with Crippen molar-refractivity contribution in [3.05, 3.63) is 278 Å². The van der Waals surface area contributed by atoms with Gasteiger partial charge in [0, 0.05) is 38.9 Å². The van der Waals surface area contributed by atoms with Crippen molar-refractivity contribution in [3.8, 4) is 61.3 Å². The van der Waals surface area contributed by atoms with E-state index in [1.807, 2.05) is 12.2 Å². The van der Waals surface area contributed by atoms with Crippen LogP contribution in [-0.4, -0.2) is 4.57 Å². The van der Waals surface area contributed by atoms with Crippen LogP contribution in [0.3, 0.4) is 0 Å². The first-order chi connectivity index (χ1) is 40.9. The minimum absolute atomic E-state index is 0.187. The standard InChI is InChI=1S/C81H72N2/c1-5-9-11-18-51-81(52-19-12-10-6-2)77-55-69(82(67-41-35-60(36-42-67)59-21-14-13-15-22-59)68-43-37-64(38-44-68)72-26-20-24-63-23-16-17-25-71(63)72)45-47-73(77)74-48-46-70(56-78(74)81)83-79-49-39-65(61-31-27-57(7-3)28-32-61)53-75(79)76-54-66(40-50-80(76)83)62-33-29-58(8-4)30-34-62/h7-8,13-17,20-50,53-56H,3-6,9-12,18-19,51-52H2,1-2H3.